The van der Waals surface area contributed by atoms with Crippen LogP contribution in [0, 0.1) is 5.41 Å². The van der Waals surface area contributed by atoms with Gasteiger partial charge in [0.15, 0.2) is 0 Å². The lowest BCUT2D eigenvalue weighted by Crippen LogP contribution is -2.43. The first-order valence-electron chi connectivity index (χ1n) is 3.59. The van der Waals surface area contributed by atoms with Crippen molar-refractivity contribution >= 4 is 18.4 Å². The minimum Gasteiger partial charge on any atom is -0.481 e. The maximum atomic E-state index is 10.6. The molecule has 2 N–H and O–H groups in total. The summed E-state index contributed by atoms with van der Waals surface area (Å²) >= 11 is 0. The van der Waals surface area contributed by atoms with Crippen LogP contribution >= 0.6 is 12.4 Å². The zero-order chi connectivity index (χ0) is 7.61. The van der Waals surface area contributed by atoms with Gasteiger partial charge in [-0.15, -0.1) is 12.4 Å². The fourth-order valence-electron chi connectivity index (χ4n) is 1.24. The summed E-state index contributed by atoms with van der Waals surface area (Å²) in [6, 6.07) is 0. The Balaban J connectivity index is 0.000001000. The molecule has 66 valence electrons. The van der Waals surface area contributed by atoms with E-state index in [0.717, 1.165) is 19.4 Å². The molecule has 0 amide bonds. The highest BCUT2D eigenvalue weighted by molar-refractivity contribution is 5.85. The molecule has 1 saturated heterocycles. The lowest BCUT2D eigenvalue weighted by atomic mass is 9.83. The van der Waals surface area contributed by atoms with Crippen LogP contribution in [-0.4, -0.2) is 24.2 Å². The normalized spacial score (nSPS) is 30.6. The van der Waals surface area contributed by atoms with E-state index in [9.17, 15) is 4.79 Å². The first-order chi connectivity index (χ1) is 4.65. The second-order valence-corrected chi connectivity index (χ2v) is 3.15. The molecular formula is C7H14ClNO2. The summed E-state index contributed by atoms with van der Waals surface area (Å²) in [5, 5.41) is 11.8. The van der Waals surface area contributed by atoms with Gasteiger partial charge in [0.2, 0.25) is 0 Å². The standard InChI is InChI=1S/C7H13NO2.ClH/c1-7(6(9)10)3-2-4-8-5-7;/h8H,2-5H2,1H3,(H,9,10);1H/t7-;/m1./s1. The van der Waals surface area contributed by atoms with Crippen molar-refractivity contribution in [3.63, 3.8) is 0 Å². The maximum absolute atomic E-state index is 10.6. The van der Waals surface area contributed by atoms with Crippen LogP contribution in [0.15, 0.2) is 0 Å². The van der Waals surface area contributed by atoms with Crippen molar-refractivity contribution < 1.29 is 9.90 Å². The Labute approximate surface area is 72.6 Å². The molecule has 1 atom stereocenters. The van der Waals surface area contributed by atoms with Gasteiger partial charge in [0, 0.05) is 6.54 Å². The highest BCUT2D eigenvalue weighted by Crippen LogP contribution is 2.24. The Morgan fingerprint density at radius 1 is 1.64 bits per heavy atom. The Kier molecular flexibility index (Phi) is 3.83. The summed E-state index contributed by atoms with van der Waals surface area (Å²) in [5.74, 6) is -0.681. The predicted molar refractivity (Wildman–Crippen MR) is 45.1 cm³/mol. The molecule has 4 heteroatoms. The van der Waals surface area contributed by atoms with Crippen LogP contribution in [0.25, 0.3) is 0 Å². The van der Waals surface area contributed by atoms with Crippen LogP contribution in [0.5, 0.6) is 0 Å². The summed E-state index contributed by atoms with van der Waals surface area (Å²) in [7, 11) is 0. The summed E-state index contributed by atoms with van der Waals surface area (Å²) in [4.78, 5) is 10.6. The third-order valence-electron chi connectivity index (χ3n) is 2.11. The molecule has 0 unspecified atom stereocenters. The van der Waals surface area contributed by atoms with Crippen LogP contribution in [0.1, 0.15) is 19.8 Å². The highest BCUT2D eigenvalue weighted by atomic mass is 35.5. The topological polar surface area (TPSA) is 49.3 Å². The molecule has 0 aliphatic carbocycles. The van der Waals surface area contributed by atoms with Crippen molar-refractivity contribution in [3.05, 3.63) is 0 Å². The predicted octanol–water partition coefficient (Wildman–Crippen LogP) is 0.882. The lowest BCUT2D eigenvalue weighted by molar-refractivity contribution is -0.148. The number of piperidine rings is 1. The Morgan fingerprint density at radius 2 is 2.27 bits per heavy atom. The smallest absolute Gasteiger partial charge is 0.310 e. The highest BCUT2D eigenvalue weighted by Gasteiger charge is 2.34. The van der Waals surface area contributed by atoms with Gasteiger partial charge >= 0.3 is 5.97 Å². The molecule has 0 aromatic rings. The maximum Gasteiger partial charge on any atom is 0.310 e. The molecule has 1 fully saturated rings. The van der Waals surface area contributed by atoms with Crippen LogP contribution in [0.3, 0.4) is 0 Å². The van der Waals surface area contributed by atoms with E-state index in [1.54, 1.807) is 6.92 Å². The van der Waals surface area contributed by atoms with E-state index in [4.69, 9.17) is 5.11 Å². The number of nitrogens with one attached hydrogen (secondary N) is 1. The first-order valence-corrected chi connectivity index (χ1v) is 3.59. The second-order valence-electron chi connectivity index (χ2n) is 3.15. The van der Waals surface area contributed by atoms with Crippen LogP contribution < -0.4 is 5.32 Å². The molecule has 0 aromatic carbocycles. The van der Waals surface area contributed by atoms with E-state index < -0.39 is 11.4 Å². The number of halogens is 1. The van der Waals surface area contributed by atoms with E-state index in [-0.39, 0.29) is 12.4 Å². The minimum atomic E-state index is -0.681. The molecule has 0 aromatic heterocycles. The molecule has 0 spiro atoms. The fraction of sp³-hybridized carbons (Fsp3) is 0.857. The van der Waals surface area contributed by atoms with Crippen LogP contribution in [0.2, 0.25) is 0 Å². The Bertz CT molecular complexity index is 143. The van der Waals surface area contributed by atoms with E-state index in [1.165, 1.54) is 0 Å². The van der Waals surface area contributed by atoms with Gasteiger partial charge in [0.1, 0.15) is 0 Å². The van der Waals surface area contributed by atoms with Gasteiger partial charge in [-0.2, -0.15) is 0 Å². The van der Waals surface area contributed by atoms with Gasteiger partial charge in [-0.25, -0.2) is 0 Å². The van der Waals surface area contributed by atoms with E-state index >= 15 is 0 Å². The summed E-state index contributed by atoms with van der Waals surface area (Å²) in [6.07, 6.45) is 1.78. The van der Waals surface area contributed by atoms with E-state index in [1.807, 2.05) is 0 Å². The SMILES string of the molecule is C[C@@]1(C(=O)O)CCCNC1.Cl. The van der Waals surface area contributed by atoms with Crippen molar-refractivity contribution in [1.82, 2.24) is 5.32 Å². The number of carboxylic acid groups (broad SMARTS) is 1. The molecule has 0 saturated carbocycles. The average molecular weight is 180 g/mol. The van der Waals surface area contributed by atoms with E-state index in [2.05, 4.69) is 5.32 Å². The summed E-state index contributed by atoms with van der Waals surface area (Å²) < 4.78 is 0. The summed E-state index contributed by atoms with van der Waals surface area (Å²) in [5.41, 5.74) is -0.516. The third-order valence-corrected chi connectivity index (χ3v) is 2.11. The fourth-order valence-corrected chi connectivity index (χ4v) is 1.24. The number of carbonyl (C=O) groups is 1. The number of carboxylic acids is 1. The second kappa shape index (κ2) is 3.93. The van der Waals surface area contributed by atoms with Gasteiger partial charge in [-0.1, -0.05) is 0 Å². The zero-order valence-corrected chi connectivity index (χ0v) is 7.41. The van der Waals surface area contributed by atoms with Crippen molar-refractivity contribution in [2.45, 2.75) is 19.8 Å². The van der Waals surface area contributed by atoms with Crippen LogP contribution in [0.4, 0.5) is 0 Å². The van der Waals surface area contributed by atoms with Gasteiger partial charge < -0.3 is 10.4 Å². The van der Waals surface area contributed by atoms with Crippen molar-refractivity contribution in [1.29, 1.82) is 0 Å². The first kappa shape index (κ1) is 10.7. The third kappa shape index (κ3) is 2.34. The average Bonchev–Trinajstić information content (AvgIpc) is 1.89. The molecular weight excluding hydrogens is 166 g/mol. The van der Waals surface area contributed by atoms with Crippen LogP contribution in [-0.2, 0) is 4.79 Å². The zero-order valence-electron chi connectivity index (χ0n) is 6.59. The molecule has 1 aliphatic heterocycles. The summed E-state index contributed by atoms with van der Waals surface area (Å²) in [6.45, 7) is 3.37. The Hall–Kier alpha value is -0.280. The number of hydrogen-bond donors (Lipinski definition) is 2. The monoisotopic (exact) mass is 179 g/mol. The Morgan fingerprint density at radius 3 is 2.55 bits per heavy atom. The van der Waals surface area contributed by atoms with E-state index in [0.29, 0.717) is 6.54 Å². The molecule has 0 radical (unpaired) electrons. The minimum absolute atomic E-state index is 0. The quantitative estimate of drug-likeness (QED) is 0.629. The van der Waals surface area contributed by atoms with Gasteiger partial charge in [-0.05, 0) is 26.3 Å². The molecule has 1 heterocycles. The number of aliphatic carboxylic acids is 1. The van der Waals surface area contributed by atoms with Gasteiger partial charge in [0.25, 0.3) is 0 Å². The number of rotatable bonds is 1. The number of hydrogen-bond acceptors (Lipinski definition) is 2. The lowest BCUT2D eigenvalue weighted by Gasteiger charge is -2.29. The molecule has 1 rings (SSSR count). The van der Waals surface area contributed by atoms with Crippen molar-refractivity contribution in [2.75, 3.05) is 13.1 Å². The van der Waals surface area contributed by atoms with Crippen molar-refractivity contribution in [2.24, 2.45) is 5.41 Å². The molecule has 1 aliphatic rings. The molecule has 11 heavy (non-hydrogen) atoms. The van der Waals surface area contributed by atoms with Gasteiger partial charge in [-0.3, -0.25) is 4.79 Å². The largest absolute Gasteiger partial charge is 0.481 e. The molecule has 0 bridgehead atoms. The van der Waals surface area contributed by atoms with Crippen molar-refractivity contribution in [3.8, 4) is 0 Å². The van der Waals surface area contributed by atoms with Gasteiger partial charge in [0.05, 0.1) is 5.41 Å². The molecule has 3 nitrogen and oxygen atoms in total.